The van der Waals surface area contributed by atoms with E-state index < -0.39 is 0 Å². The summed E-state index contributed by atoms with van der Waals surface area (Å²) in [6, 6.07) is 15.2. The lowest BCUT2D eigenvalue weighted by Gasteiger charge is -2.16. The Morgan fingerprint density at radius 3 is 2.30 bits per heavy atom. The number of rotatable bonds is 5. The molecule has 0 bridgehead atoms. The van der Waals surface area contributed by atoms with Gasteiger partial charge in [0.15, 0.2) is 5.69 Å². The van der Waals surface area contributed by atoms with Gasteiger partial charge < -0.3 is 5.32 Å². The summed E-state index contributed by atoms with van der Waals surface area (Å²) in [6.07, 6.45) is 1.04. The Morgan fingerprint density at radius 1 is 1.04 bits per heavy atom. The Kier molecular flexibility index (Phi) is 5.40. The van der Waals surface area contributed by atoms with Crippen LogP contribution in [0.15, 0.2) is 53.3 Å². The summed E-state index contributed by atoms with van der Waals surface area (Å²) >= 11 is 0. The zero-order valence-electron chi connectivity index (χ0n) is 16.2. The molecule has 5 nitrogen and oxygen atoms in total. The first kappa shape index (κ1) is 18.8. The minimum atomic E-state index is -0.291. The highest BCUT2D eigenvalue weighted by Crippen LogP contribution is 2.18. The van der Waals surface area contributed by atoms with Crippen LogP contribution in [0.3, 0.4) is 0 Å². The maximum atomic E-state index is 12.8. The highest BCUT2D eigenvalue weighted by Gasteiger charge is 2.18. The van der Waals surface area contributed by atoms with Crippen molar-refractivity contribution in [2.24, 2.45) is 13.0 Å². The van der Waals surface area contributed by atoms with Gasteiger partial charge in [-0.15, -0.1) is 0 Å². The fraction of sp³-hybridized carbons (Fsp3) is 0.318. The molecule has 0 fully saturated rings. The van der Waals surface area contributed by atoms with Gasteiger partial charge in [-0.05, 0) is 36.5 Å². The molecule has 0 aliphatic carbocycles. The van der Waals surface area contributed by atoms with Gasteiger partial charge >= 0.3 is 0 Å². The van der Waals surface area contributed by atoms with Crippen molar-refractivity contribution >= 4 is 16.7 Å². The van der Waals surface area contributed by atoms with E-state index in [0.717, 1.165) is 12.0 Å². The van der Waals surface area contributed by atoms with Gasteiger partial charge in [-0.25, -0.2) is 4.68 Å². The van der Waals surface area contributed by atoms with E-state index in [4.69, 9.17) is 0 Å². The van der Waals surface area contributed by atoms with Gasteiger partial charge in [0.05, 0.1) is 11.4 Å². The van der Waals surface area contributed by atoms with E-state index in [9.17, 15) is 9.59 Å². The molecule has 0 unspecified atom stereocenters. The van der Waals surface area contributed by atoms with Crippen LogP contribution in [0, 0.1) is 5.92 Å². The molecule has 140 valence electrons. The third-order valence-electron chi connectivity index (χ3n) is 4.64. The van der Waals surface area contributed by atoms with E-state index in [1.807, 2.05) is 6.92 Å². The first-order valence-electron chi connectivity index (χ1n) is 9.22. The lowest BCUT2D eigenvalue weighted by atomic mass is 10.00. The molecule has 0 radical (unpaired) electrons. The van der Waals surface area contributed by atoms with Crippen LogP contribution in [0.5, 0.6) is 0 Å². The number of amides is 1. The van der Waals surface area contributed by atoms with Gasteiger partial charge in [0.1, 0.15) is 0 Å². The normalized spacial score (nSPS) is 12.3. The Balaban J connectivity index is 1.84. The molecule has 0 saturated carbocycles. The third kappa shape index (κ3) is 4.08. The van der Waals surface area contributed by atoms with Crippen LogP contribution in [-0.4, -0.2) is 15.7 Å². The zero-order valence-corrected chi connectivity index (χ0v) is 16.2. The zero-order chi connectivity index (χ0) is 19.6. The van der Waals surface area contributed by atoms with Gasteiger partial charge in [0.25, 0.3) is 11.5 Å². The molecular formula is C22H25N3O2. The van der Waals surface area contributed by atoms with Crippen LogP contribution in [0.25, 0.3) is 10.8 Å². The maximum absolute atomic E-state index is 12.8. The number of benzene rings is 2. The average molecular weight is 363 g/mol. The van der Waals surface area contributed by atoms with Gasteiger partial charge in [0, 0.05) is 12.4 Å². The van der Waals surface area contributed by atoms with Gasteiger partial charge in [-0.3, -0.25) is 9.59 Å². The highest BCUT2D eigenvalue weighted by molar-refractivity contribution is 6.04. The summed E-state index contributed by atoms with van der Waals surface area (Å²) in [5.41, 5.74) is 2.37. The van der Waals surface area contributed by atoms with Crippen molar-refractivity contribution < 1.29 is 4.79 Å². The van der Waals surface area contributed by atoms with Crippen LogP contribution in [0.4, 0.5) is 0 Å². The number of nitrogens with zero attached hydrogens (tertiary/aromatic N) is 2. The fourth-order valence-electron chi connectivity index (χ4n) is 3.23. The topological polar surface area (TPSA) is 64.0 Å². The van der Waals surface area contributed by atoms with Crippen molar-refractivity contribution in [1.82, 2.24) is 15.1 Å². The maximum Gasteiger partial charge on any atom is 0.274 e. The molecule has 1 amide bonds. The molecule has 3 rings (SSSR count). The second kappa shape index (κ2) is 7.74. The number of aromatic nitrogens is 2. The minimum absolute atomic E-state index is 0.164. The molecule has 1 N–H and O–H groups in total. The molecular weight excluding hydrogens is 338 g/mol. The van der Waals surface area contributed by atoms with Crippen molar-refractivity contribution in [2.75, 3.05) is 0 Å². The lowest BCUT2D eigenvalue weighted by Crippen LogP contribution is -2.31. The average Bonchev–Trinajstić information content (AvgIpc) is 2.64. The van der Waals surface area contributed by atoms with Crippen LogP contribution >= 0.6 is 0 Å². The molecule has 5 heteroatoms. The molecule has 1 atom stereocenters. The van der Waals surface area contributed by atoms with E-state index in [2.05, 4.69) is 48.5 Å². The minimum Gasteiger partial charge on any atom is -0.344 e. The number of hydrogen-bond donors (Lipinski definition) is 1. The van der Waals surface area contributed by atoms with Crippen molar-refractivity contribution in [3.05, 3.63) is 75.7 Å². The van der Waals surface area contributed by atoms with E-state index in [-0.39, 0.29) is 23.2 Å². The van der Waals surface area contributed by atoms with Crippen molar-refractivity contribution in [2.45, 2.75) is 33.2 Å². The Morgan fingerprint density at radius 2 is 1.67 bits per heavy atom. The molecule has 2 aromatic carbocycles. The summed E-state index contributed by atoms with van der Waals surface area (Å²) in [6.45, 7) is 6.34. The van der Waals surface area contributed by atoms with Crippen molar-refractivity contribution in [3.8, 4) is 0 Å². The second-order valence-corrected chi connectivity index (χ2v) is 7.36. The summed E-state index contributed by atoms with van der Waals surface area (Å²) in [5.74, 6) is 0.317. The van der Waals surface area contributed by atoms with Crippen LogP contribution in [-0.2, 0) is 13.5 Å². The SMILES string of the molecule is CC(C)Cc1ccc([C@H](C)NC(=O)c2nn(C)c(=O)c3ccccc23)cc1. The Bertz CT molecular complexity index is 1020. The summed E-state index contributed by atoms with van der Waals surface area (Å²) < 4.78 is 1.21. The Labute approximate surface area is 159 Å². The van der Waals surface area contributed by atoms with Crippen molar-refractivity contribution in [1.29, 1.82) is 0 Å². The standard InChI is InChI=1S/C22H25N3O2/c1-14(2)13-16-9-11-17(12-10-16)15(3)23-21(26)20-18-7-5-6-8-19(18)22(27)25(4)24-20/h5-12,14-15H,13H2,1-4H3,(H,23,26)/t15-/m0/s1. The van der Waals surface area contributed by atoms with E-state index in [1.165, 1.54) is 10.2 Å². The van der Waals surface area contributed by atoms with Crippen LogP contribution in [0.2, 0.25) is 0 Å². The number of carbonyl (C=O) groups excluding carboxylic acids is 1. The molecule has 0 aliphatic rings. The van der Waals surface area contributed by atoms with Gasteiger partial charge in [-0.2, -0.15) is 5.10 Å². The summed E-state index contributed by atoms with van der Waals surface area (Å²) in [5, 5.41) is 8.24. The van der Waals surface area contributed by atoms with Crippen LogP contribution in [0.1, 0.15) is 48.4 Å². The predicted molar refractivity (Wildman–Crippen MR) is 108 cm³/mol. The first-order valence-corrected chi connectivity index (χ1v) is 9.22. The van der Waals surface area contributed by atoms with E-state index in [1.54, 1.807) is 31.3 Å². The highest BCUT2D eigenvalue weighted by atomic mass is 16.2. The number of aryl methyl sites for hydroxylation is 1. The second-order valence-electron chi connectivity index (χ2n) is 7.36. The summed E-state index contributed by atoms with van der Waals surface area (Å²) in [4.78, 5) is 25.1. The molecule has 0 spiro atoms. The fourth-order valence-corrected chi connectivity index (χ4v) is 3.23. The third-order valence-corrected chi connectivity index (χ3v) is 4.64. The van der Waals surface area contributed by atoms with Crippen molar-refractivity contribution in [3.63, 3.8) is 0 Å². The van der Waals surface area contributed by atoms with E-state index in [0.29, 0.717) is 16.7 Å². The molecule has 0 saturated heterocycles. The molecule has 1 heterocycles. The number of hydrogen-bond acceptors (Lipinski definition) is 3. The monoisotopic (exact) mass is 363 g/mol. The largest absolute Gasteiger partial charge is 0.344 e. The molecule has 1 aromatic heterocycles. The van der Waals surface area contributed by atoms with Gasteiger partial charge in [-0.1, -0.05) is 56.3 Å². The number of fused-ring (bicyclic) bond motifs is 1. The molecule has 27 heavy (non-hydrogen) atoms. The molecule has 3 aromatic rings. The van der Waals surface area contributed by atoms with E-state index >= 15 is 0 Å². The quantitative estimate of drug-likeness (QED) is 0.753. The first-order chi connectivity index (χ1) is 12.9. The van der Waals surface area contributed by atoms with Crippen LogP contribution < -0.4 is 10.9 Å². The summed E-state index contributed by atoms with van der Waals surface area (Å²) in [7, 11) is 1.56. The van der Waals surface area contributed by atoms with Gasteiger partial charge in [0.2, 0.25) is 0 Å². The molecule has 0 aliphatic heterocycles. The number of carbonyl (C=O) groups is 1. The smallest absolute Gasteiger partial charge is 0.274 e. The lowest BCUT2D eigenvalue weighted by molar-refractivity contribution is 0.0934. The Hall–Kier alpha value is -2.95. The predicted octanol–water partition coefficient (Wildman–Crippen LogP) is 3.62. The number of nitrogens with one attached hydrogen (secondary N) is 1.